The van der Waals surface area contributed by atoms with Gasteiger partial charge in [-0.2, -0.15) is 0 Å². The molecule has 0 amide bonds. The van der Waals surface area contributed by atoms with Gasteiger partial charge in [-0.3, -0.25) is 4.90 Å². The third-order valence-corrected chi connectivity index (χ3v) is 4.39. The molecule has 0 N–H and O–H groups in total. The van der Waals surface area contributed by atoms with Crippen LogP contribution in [-0.4, -0.2) is 74.9 Å². The molecule has 0 aromatic heterocycles. The summed E-state index contributed by atoms with van der Waals surface area (Å²) in [6.45, 7) is 6.84. The van der Waals surface area contributed by atoms with Gasteiger partial charge in [0, 0.05) is 51.5 Å². The Bertz CT molecular complexity index is 592. The molecule has 1 aromatic carbocycles. The average molecular weight is 329 g/mol. The Balaban J connectivity index is 1.52. The summed E-state index contributed by atoms with van der Waals surface area (Å²) < 4.78 is 11.6. The molecule has 2 heterocycles. The zero-order valence-electron chi connectivity index (χ0n) is 14.6. The highest BCUT2D eigenvalue weighted by molar-refractivity contribution is 5.59. The zero-order chi connectivity index (χ0) is 16.8. The summed E-state index contributed by atoms with van der Waals surface area (Å²) in [5, 5.41) is 0. The SMILES string of the molecule is CN1C=C(C=Cc2ccccc2OCCN2CCN(C)CC2)OC1. The molecule has 2 aliphatic rings. The largest absolute Gasteiger partial charge is 0.492 e. The maximum absolute atomic E-state index is 6.03. The van der Waals surface area contributed by atoms with E-state index in [4.69, 9.17) is 9.47 Å². The number of nitrogens with zero attached hydrogens (tertiary/aromatic N) is 3. The fourth-order valence-corrected chi connectivity index (χ4v) is 2.84. The van der Waals surface area contributed by atoms with Gasteiger partial charge in [0.1, 0.15) is 18.1 Å². The van der Waals surface area contributed by atoms with E-state index in [1.165, 1.54) is 0 Å². The molecule has 0 atom stereocenters. The second-order valence-electron chi connectivity index (χ2n) is 6.43. The summed E-state index contributed by atoms with van der Waals surface area (Å²) in [6.07, 6.45) is 6.04. The van der Waals surface area contributed by atoms with Crippen LogP contribution in [-0.2, 0) is 4.74 Å². The van der Waals surface area contributed by atoms with Crippen LogP contribution in [0.4, 0.5) is 0 Å². The number of allylic oxidation sites excluding steroid dienone is 1. The third-order valence-electron chi connectivity index (χ3n) is 4.39. The second kappa shape index (κ2) is 8.22. The number of piperazine rings is 1. The van der Waals surface area contributed by atoms with Crippen molar-refractivity contribution in [3.8, 4) is 5.75 Å². The molecule has 2 aliphatic heterocycles. The van der Waals surface area contributed by atoms with Gasteiger partial charge in [0.2, 0.25) is 0 Å². The van der Waals surface area contributed by atoms with E-state index in [2.05, 4.69) is 29.0 Å². The van der Waals surface area contributed by atoms with E-state index in [-0.39, 0.29) is 0 Å². The highest BCUT2D eigenvalue weighted by Crippen LogP contribution is 2.21. The van der Waals surface area contributed by atoms with Gasteiger partial charge < -0.3 is 19.3 Å². The molecule has 24 heavy (non-hydrogen) atoms. The van der Waals surface area contributed by atoms with Crippen LogP contribution >= 0.6 is 0 Å². The fraction of sp³-hybridized carbons (Fsp3) is 0.474. The summed E-state index contributed by atoms with van der Waals surface area (Å²) in [7, 11) is 4.17. The van der Waals surface area contributed by atoms with Gasteiger partial charge >= 0.3 is 0 Å². The molecule has 0 unspecified atom stereocenters. The molecule has 0 radical (unpaired) electrons. The van der Waals surface area contributed by atoms with Crippen molar-refractivity contribution in [1.29, 1.82) is 0 Å². The van der Waals surface area contributed by atoms with Crippen molar-refractivity contribution in [2.45, 2.75) is 0 Å². The van der Waals surface area contributed by atoms with Crippen molar-refractivity contribution in [3.05, 3.63) is 47.9 Å². The quantitative estimate of drug-likeness (QED) is 0.797. The normalized spacial score (nSPS) is 19.6. The van der Waals surface area contributed by atoms with Gasteiger partial charge in [-0.1, -0.05) is 18.2 Å². The van der Waals surface area contributed by atoms with Crippen molar-refractivity contribution in [1.82, 2.24) is 14.7 Å². The van der Waals surface area contributed by atoms with Gasteiger partial charge in [0.05, 0.1) is 0 Å². The lowest BCUT2D eigenvalue weighted by atomic mass is 10.2. The van der Waals surface area contributed by atoms with Crippen LogP contribution in [0.3, 0.4) is 0 Å². The standard InChI is InChI=1S/C19H27N3O2/c1-20-9-11-22(12-10-20)13-14-23-19-6-4-3-5-17(19)7-8-18-15-21(2)16-24-18/h3-8,15H,9-14,16H2,1-2H3. The highest BCUT2D eigenvalue weighted by Gasteiger charge is 2.13. The molecule has 3 rings (SSSR count). The van der Waals surface area contributed by atoms with Crippen molar-refractivity contribution in [3.63, 3.8) is 0 Å². The second-order valence-corrected chi connectivity index (χ2v) is 6.43. The van der Waals surface area contributed by atoms with E-state index in [1.54, 1.807) is 0 Å². The number of likely N-dealkylation sites (N-methyl/N-ethyl adjacent to an activating group) is 1. The number of benzene rings is 1. The number of ether oxygens (including phenoxy) is 2. The van der Waals surface area contributed by atoms with Crippen LogP contribution in [0.2, 0.25) is 0 Å². The molecular formula is C19H27N3O2. The number of hydrogen-bond donors (Lipinski definition) is 0. The van der Waals surface area contributed by atoms with E-state index in [1.807, 2.05) is 42.4 Å². The molecule has 1 saturated heterocycles. The topological polar surface area (TPSA) is 28.2 Å². The minimum Gasteiger partial charge on any atom is -0.492 e. The van der Waals surface area contributed by atoms with Crippen LogP contribution in [0.15, 0.2) is 42.3 Å². The molecule has 5 nitrogen and oxygen atoms in total. The Labute approximate surface area is 144 Å². The highest BCUT2D eigenvalue weighted by atomic mass is 16.5. The number of para-hydroxylation sites is 1. The smallest absolute Gasteiger partial charge is 0.161 e. The minimum absolute atomic E-state index is 0.614. The van der Waals surface area contributed by atoms with Crippen molar-refractivity contribution in [2.75, 3.05) is 60.2 Å². The molecular weight excluding hydrogens is 302 g/mol. The monoisotopic (exact) mass is 329 g/mol. The maximum atomic E-state index is 6.03. The molecule has 0 aliphatic carbocycles. The van der Waals surface area contributed by atoms with E-state index in [0.717, 1.165) is 56.4 Å². The number of hydrogen-bond acceptors (Lipinski definition) is 5. The maximum Gasteiger partial charge on any atom is 0.161 e. The minimum atomic E-state index is 0.614. The van der Waals surface area contributed by atoms with E-state index in [0.29, 0.717) is 6.73 Å². The molecule has 0 saturated carbocycles. The van der Waals surface area contributed by atoms with Crippen LogP contribution in [0, 0.1) is 0 Å². The van der Waals surface area contributed by atoms with Crippen LogP contribution < -0.4 is 4.74 Å². The predicted octanol–water partition coefficient (Wildman–Crippen LogP) is 2.09. The molecule has 0 spiro atoms. The average Bonchev–Trinajstić information content (AvgIpc) is 3.01. The van der Waals surface area contributed by atoms with Crippen molar-refractivity contribution >= 4 is 6.08 Å². The van der Waals surface area contributed by atoms with Gasteiger partial charge in [-0.15, -0.1) is 0 Å². The third kappa shape index (κ3) is 4.76. The summed E-state index contributed by atoms with van der Waals surface area (Å²) in [5.41, 5.74) is 1.08. The summed E-state index contributed by atoms with van der Waals surface area (Å²) in [4.78, 5) is 6.85. The summed E-state index contributed by atoms with van der Waals surface area (Å²) in [6, 6.07) is 8.14. The Kier molecular flexibility index (Phi) is 5.77. The number of rotatable bonds is 6. The van der Waals surface area contributed by atoms with E-state index < -0.39 is 0 Å². The first-order chi connectivity index (χ1) is 11.7. The molecule has 5 heteroatoms. The van der Waals surface area contributed by atoms with Gasteiger partial charge in [0.25, 0.3) is 0 Å². The summed E-state index contributed by atoms with van der Waals surface area (Å²) in [5.74, 6) is 1.81. The van der Waals surface area contributed by atoms with Gasteiger partial charge in [-0.25, -0.2) is 0 Å². The first-order valence-electron chi connectivity index (χ1n) is 8.56. The molecule has 0 bridgehead atoms. The Morgan fingerprint density at radius 3 is 2.62 bits per heavy atom. The first kappa shape index (κ1) is 16.9. The first-order valence-corrected chi connectivity index (χ1v) is 8.56. The van der Waals surface area contributed by atoms with E-state index in [9.17, 15) is 0 Å². The van der Waals surface area contributed by atoms with Crippen molar-refractivity contribution < 1.29 is 9.47 Å². The summed E-state index contributed by atoms with van der Waals surface area (Å²) >= 11 is 0. The van der Waals surface area contributed by atoms with Crippen molar-refractivity contribution in [2.24, 2.45) is 0 Å². The lowest BCUT2D eigenvalue weighted by molar-refractivity contribution is 0.133. The van der Waals surface area contributed by atoms with Crippen LogP contribution in [0.1, 0.15) is 5.56 Å². The predicted molar refractivity (Wildman–Crippen MR) is 96.7 cm³/mol. The van der Waals surface area contributed by atoms with Gasteiger partial charge in [-0.05, 0) is 25.3 Å². The lowest BCUT2D eigenvalue weighted by Gasteiger charge is -2.32. The molecule has 1 fully saturated rings. The van der Waals surface area contributed by atoms with Crippen LogP contribution in [0.5, 0.6) is 5.75 Å². The molecule has 1 aromatic rings. The Morgan fingerprint density at radius 2 is 1.88 bits per heavy atom. The molecule has 130 valence electrons. The lowest BCUT2D eigenvalue weighted by Crippen LogP contribution is -2.45. The van der Waals surface area contributed by atoms with Gasteiger partial charge in [0.15, 0.2) is 6.73 Å². The van der Waals surface area contributed by atoms with E-state index >= 15 is 0 Å². The zero-order valence-corrected chi connectivity index (χ0v) is 14.6. The Hall–Kier alpha value is -1.98. The van der Waals surface area contributed by atoms with Crippen LogP contribution in [0.25, 0.3) is 6.08 Å². The Morgan fingerprint density at radius 1 is 1.08 bits per heavy atom. The fourth-order valence-electron chi connectivity index (χ4n) is 2.84.